The molecular weight excluding hydrogens is 326 g/mol. The number of hydrogen-bond donors (Lipinski definition) is 1. The highest BCUT2D eigenvalue weighted by atomic mass is 35.5. The summed E-state index contributed by atoms with van der Waals surface area (Å²) in [7, 11) is 0. The van der Waals surface area contributed by atoms with Gasteiger partial charge in [-0.2, -0.15) is 0 Å². The van der Waals surface area contributed by atoms with Crippen molar-refractivity contribution in [3.63, 3.8) is 0 Å². The molecule has 0 spiro atoms. The monoisotopic (exact) mass is 341 g/mol. The standard InChI is InChI=1S/C19H16ClNO3/c1-2-23-16-9-7-15(8-10-16)21-19(22)18-12-11-17(24-18)13-3-5-14(20)6-4-13/h3-12H,2H2,1H3,(H,21,22). The van der Waals surface area contributed by atoms with Gasteiger partial charge in [0.2, 0.25) is 0 Å². The minimum atomic E-state index is -0.306. The summed E-state index contributed by atoms with van der Waals surface area (Å²) in [5, 5.41) is 3.44. The summed E-state index contributed by atoms with van der Waals surface area (Å²) in [6.07, 6.45) is 0. The van der Waals surface area contributed by atoms with Gasteiger partial charge in [-0.05, 0) is 67.6 Å². The smallest absolute Gasteiger partial charge is 0.291 e. The van der Waals surface area contributed by atoms with Crippen molar-refractivity contribution in [1.82, 2.24) is 0 Å². The Morgan fingerprint density at radius 3 is 2.42 bits per heavy atom. The lowest BCUT2D eigenvalue weighted by Gasteiger charge is -2.06. The van der Waals surface area contributed by atoms with Crippen molar-refractivity contribution >= 4 is 23.2 Å². The number of carbonyl (C=O) groups is 1. The average molecular weight is 342 g/mol. The molecule has 1 heterocycles. The average Bonchev–Trinajstić information content (AvgIpc) is 3.08. The molecule has 0 aliphatic carbocycles. The molecule has 3 aromatic rings. The Morgan fingerprint density at radius 1 is 1.04 bits per heavy atom. The number of nitrogens with one attached hydrogen (secondary N) is 1. The topological polar surface area (TPSA) is 51.5 Å². The molecule has 0 fully saturated rings. The predicted octanol–water partition coefficient (Wildman–Crippen LogP) is 5.25. The highest BCUT2D eigenvalue weighted by molar-refractivity contribution is 6.30. The minimum absolute atomic E-state index is 0.244. The molecule has 122 valence electrons. The van der Waals surface area contributed by atoms with Gasteiger partial charge in [-0.25, -0.2) is 0 Å². The molecule has 0 atom stereocenters. The number of furan rings is 1. The molecule has 0 radical (unpaired) electrons. The van der Waals surface area contributed by atoms with Crippen LogP contribution in [0, 0.1) is 0 Å². The normalized spacial score (nSPS) is 10.4. The van der Waals surface area contributed by atoms with E-state index in [1.165, 1.54) is 0 Å². The lowest BCUT2D eigenvalue weighted by Crippen LogP contribution is -2.10. The summed E-state index contributed by atoms with van der Waals surface area (Å²) in [5.41, 5.74) is 1.53. The second kappa shape index (κ2) is 7.23. The summed E-state index contributed by atoms with van der Waals surface area (Å²) in [4.78, 5) is 12.3. The highest BCUT2D eigenvalue weighted by Crippen LogP contribution is 2.24. The van der Waals surface area contributed by atoms with Crippen LogP contribution in [0.5, 0.6) is 5.75 Å². The Labute approximate surface area is 145 Å². The van der Waals surface area contributed by atoms with Crippen LogP contribution in [0.4, 0.5) is 5.69 Å². The molecule has 5 heteroatoms. The van der Waals surface area contributed by atoms with E-state index in [-0.39, 0.29) is 11.7 Å². The fourth-order valence-corrected chi connectivity index (χ4v) is 2.35. The van der Waals surface area contributed by atoms with Crippen LogP contribution in [-0.4, -0.2) is 12.5 Å². The van der Waals surface area contributed by atoms with E-state index < -0.39 is 0 Å². The van der Waals surface area contributed by atoms with Crippen LogP contribution in [0.1, 0.15) is 17.5 Å². The van der Waals surface area contributed by atoms with Crippen molar-refractivity contribution in [2.45, 2.75) is 6.92 Å². The maximum absolute atomic E-state index is 12.3. The largest absolute Gasteiger partial charge is 0.494 e. The Balaban J connectivity index is 1.70. The van der Waals surface area contributed by atoms with Crippen LogP contribution in [0.25, 0.3) is 11.3 Å². The molecule has 1 N–H and O–H groups in total. The number of rotatable bonds is 5. The van der Waals surface area contributed by atoms with E-state index in [0.717, 1.165) is 11.3 Å². The van der Waals surface area contributed by atoms with Crippen LogP contribution in [0.2, 0.25) is 5.02 Å². The first-order valence-electron chi connectivity index (χ1n) is 7.55. The third-order valence-corrected chi connectivity index (χ3v) is 3.63. The summed E-state index contributed by atoms with van der Waals surface area (Å²) in [5.74, 6) is 1.32. The molecule has 3 rings (SSSR count). The zero-order valence-electron chi connectivity index (χ0n) is 13.1. The molecule has 24 heavy (non-hydrogen) atoms. The summed E-state index contributed by atoms with van der Waals surface area (Å²) in [6.45, 7) is 2.52. The Kier molecular flexibility index (Phi) is 4.87. The zero-order valence-corrected chi connectivity index (χ0v) is 13.8. The number of anilines is 1. The number of ether oxygens (including phenoxy) is 1. The quantitative estimate of drug-likeness (QED) is 0.689. The SMILES string of the molecule is CCOc1ccc(NC(=O)c2ccc(-c3ccc(Cl)cc3)o2)cc1. The lowest BCUT2D eigenvalue weighted by atomic mass is 10.2. The van der Waals surface area contributed by atoms with Gasteiger partial charge in [0, 0.05) is 16.3 Å². The van der Waals surface area contributed by atoms with E-state index in [9.17, 15) is 4.79 Å². The predicted molar refractivity (Wildman–Crippen MR) is 94.7 cm³/mol. The van der Waals surface area contributed by atoms with Crippen molar-refractivity contribution in [3.05, 3.63) is 71.4 Å². The van der Waals surface area contributed by atoms with Gasteiger partial charge in [0.1, 0.15) is 11.5 Å². The highest BCUT2D eigenvalue weighted by Gasteiger charge is 2.12. The number of carbonyl (C=O) groups excluding carboxylic acids is 1. The summed E-state index contributed by atoms with van der Waals surface area (Å²) in [6, 6.07) is 17.8. The van der Waals surface area contributed by atoms with Crippen molar-refractivity contribution in [3.8, 4) is 17.1 Å². The van der Waals surface area contributed by atoms with Gasteiger partial charge in [0.05, 0.1) is 6.61 Å². The van der Waals surface area contributed by atoms with Crippen molar-refractivity contribution in [2.75, 3.05) is 11.9 Å². The first-order valence-corrected chi connectivity index (χ1v) is 7.93. The maximum Gasteiger partial charge on any atom is 0.291 e. The van der Waals surface area contributed by atoms with E-state index >= 15 is 0 Å². The van der Waals surface area contributed by atoms with E-state index in [4.69, 9.17) is 20.8 Å². The third kappa shape index (κ3) is 3.78. The van der Waals surface area contributed by atoms with Crippen LogP contribution < -0.4 is 10.1 Å². The second-order valence-electron chi connectivity index (χ2n) is 5.08. The number of amides is 1. The van der Waals surface area contributed by atoms with Crippen molar-refractivity contribution < 1.29 is 13.9 Å². The number of hydrogen-bond acceptors (Lipinski definition) is 3. The second-order valence-corrected chi connectivity index (χ2v) is 5.52. The minimum Gasteiger partial charge on any atom is -0.494 e. The van der Waals surface area contributed by atoms with Crippen LogP contribution >= 0.6 is 11.6 Å². The molecule has 0 aliphatic heterocycles. The van der Waals surface area contributed by atoms with Gasteiger partial charge in [0.25, 0.3) is 5.91 Å². The van der Waals surface area contributed by atoms with Gasteiger partial charge in [-0.3, -0.25) is 4.79 Å². The summed E-state index contributed by atoms with van der Waals surface area (Å²) < 4.78 is 11.0. The van der Waals surface area contributed by atoms with Gasteiger partial charge in [-0.15, -0.1) is 0 Å². The third-order valence-electron chi connectivity index (χ3n) is 3.38. The Bertz CT molecular complexity index is 823. The molecule has 1 aromatic heterocycles. The fourth-order valence-electron chi connectivity index (χ4n) is 2.22. The van der Waals surface area contributed by atoms with Crippen LogP contribution in [-0.2, 0) is 0 Å². The Hall–Kier alpha value is -2.72. The van der Waals surface area contributed by atoms with Gasteiger partial charge >= 0.3 is 0 Å². The molecular formula is C19H16ClNO3. The molecule has 0 saturated carbocycles. The molecule has 0 unspecified atom stereocenters. The van der Waals surface area contributed by atoms with Gasteiger partial charge in [-0.1, -0.05) is 11.6 Å². The van der Waals surface area contributed by atoms with Gasteiger partial charge in [0.15, 0.2) is 5.76 Å². The molecule has 1 amide bonds. The summed E-state index contributed by atoms with van der Waals surface area (Å²) >= 11 is 5.87. The maximum atomic E-state index is 12.3. The van der Waals surface area contributed by atoms with E-state index in [0.29, 0.717) is 23.1 Å². The fraction of sp³-hybridized carbons (Fsp3) is 0.105. The van der Waals surface area contributed by atoms with Crippen molar-refractivity contribution in [2.24, 2.45) is 0 Å². The first-order chi connectivity index (χ1) is 11.7. The van der Waals surface area contributed by atoms with Crippen LogP contribution in [0.15, 0.2) is 65.1 Å². The molecule has 2 aromatic carbocycles. The van der Waals surface area contributed by atoms with Crippen molar-refractivity contribution in [1.29, 1.82) is 0 Å². The van der Waals surface area contributed by atoms with Crippen LogP contribution in [0.3, 0.4) is 0 Å². The molecule has 0 saturated heterocycles. The van der Waals surface area contributed by atoms with E-state index in [1.54, 1.807) is 48.5 Å². The number of benzene rings is 2. The molecule has 4 nitrogen and oxygen atoms in total. The van der Waals surface area contributed by atoms with E-state index in [1.807, 2.05) is 19.1 Å². The Morgan fingerprint density at radius 2 is 1.75 bits per heavy atom. The molecule has 0 bridgehead atoms. The molecule has 0 aliphatic rings. The van der Waals surface area contributed by atoms with Gasteiger partial charge < -0.3 is 14.5 Å². The van der Waals surface area contributed by atoms with E-state index in [2.05, 4.69) is 5.32 Å². The number of halogens is 1. The lowest BCUT2D eigenvalue weighted by molar-refractivity contribution is 0.0997. The first kappa shape index (κ1) is 16.1. The zero-order chi connectivity index (χ0) is 16.9.